The molecule has 114 valence electrons. The summed E-state index contributed by atoms with van der Waals surface area (Å²) in [5.41, 5.74) is 2.19. The van der Waals surface area contributed by atoms with E-state index < -0.39 is 0 Å². The Morgan fingerprint density at radius 1 is 0.955 bits per heavy atom. The first-order chi connectivity index (χ1) is 10.5. The van der Waals surface area contributed by atoms with Crippen LogP contribution in [0.15, 0.2) is 53.0 Å². The molecule has 0 spiro atoms. The maximum atomic E-state index is 12.0. The summed E-state index contributed by atoms with van der Waals surface area (Å²) < 4.78 is 0.935. The van der Waals surface area contributed by atoms with Crippen molar-refractivity contribution >= 4 is 27.7 Å². The number of amides is 2. The maximum absolute atomic E-state index is 12.0. The molecule has 0 aromatic heterocycles. The van der Waals surface area contributed by atoms with E-state index in [2.05, 4.69) is 21.2 Å². The van der Waals surface area contributed by atoms with Crippen LogP contribution in [0, 0.1) is 0 Å². The largest absolute Gasteiger partial charge is 0.348 e. The fourth-order valence-electron chi connectivity index (χ4n) is 1.91. The van der Waals surface area contributed by atoms with Crippen LogP contribution >= 0.6 is 15.9 Å². The van der Waals surface area contributed by atoms with E-state index in [-0.39, 0.29) is 11.8 Å². The van der Waals surface area contributed by atoms with Gasteiger partial charge in [0.15, 0.2) is 0 Å². The average molecular weight is 361 g/mol. The number of carbonyl (C=O) groups is 2. The Hall–Kier alpha value is -2.14. The molecule has 0 unspecified atom stereocenters. The Balaban J connectivity index is 1.95. The number of hydrogen-bond acceptors (Lipinski definition) is 2. The van der Waals surface area contributed by atoms with Gasteiger partial charge in [-0.25, -0.2) is 0 Å². The standard InChI is InChI=1S/C17H17BrN2O2/c1-20(2)17(22)14-5-3-12(4-6-14)11-19-16(21)13-7-9-15(18)10-8-13/h3-10H,11H2,1-2H3,(H,19,21). The van der Waals surface area contributed by atoms with Gasteiger partial charge >= 0.3 is 0 Å². The molecule has 0 saturated carbocycles. The molecule has 5 heteroatoms. The van der Waals surface area contributed by atoms with Gasteiger partial charge < -0.3 is 10.2 Å². The van der Waals surface area contributed by atoms with E-state index in [1.165, 1.54) is 4.90 Å². The highest BCUT2D eigenvalue weighted by Gasteiger charge is 2.08. The lowest BCUT2D eigenvalue weighted by atomic mass is 10.1. The Morgan fingerprint density at radius 3 is 2.05 bits per heavy atom. The van der Waals surface area contributed by atoms with Gasteiger partial charge in [0.25, 0.3) is 11.8 Å². The van der Waals surface area contributed by atoms with Crippen molar-refractivity contribution in [3.8, 4) is 0 Å². The van der Waals surface area contributed by atoms with E-state index >= 15 is 0 Å². The third-order valence-corrected chi connectivity index (χ3v) is 3.70. The van der Waals surface area contributed by atoms with Crippen molar-refractivity contribution in [2.75, 3.05) is 14.1 Å². The topological polar surface area (TPSA) is 49.4 Å². The summed E-state index contributed by atoms with van der Waals surface area (Å²) in [5.74, 6) is -0.161. The SMILES string of the molecule is CN(C)C(=O)c1ccc(CNC(=O)c2ccc(Br)cc2)cc1. The molecule has 2 aromatic carbocycles. The predicted octanol–water partition coefficient (Wildman–Crippen LogP) is 3.08. The van der Waals surface area contributed by atoms with Crippen LogP contribution in [0.4, 0.5) is 0 Å². The summed E-state index contributed by atoms with van der Waals surface area (Å²) in [6.45, 7) is 0.422. The van der Waals surface area contributed by atoms with Crippen molar-refractivity contribution in [2.24, 2.45) is 0 Å². The highest BCUT2D eigenvalue weighted by molar-refractivity contribution is 9.10. The van der Waals surface area contributed by atoms with Gasteiger partial charge in [-0.2, -0.15) is 0 Å². The molecule has 0 aliphatic carbocycles. The van der Waals surface area contributed by atoms with Crippen LogP contribution in [-0.2, 0) is 6.54 Å². The zero-order valence-electron chi connectivity index (χ0n) is 12.5. The van der Waals surface area contributed by atoms with Gasteiger partial charge in [0.05, 0.1) is 0 Å². The van der Waals surface area contributed by atoms with Crippen molar-refractivity contribution < 1.29 is 9.59 Å². The fourth-order valence-corrected chi connectivity index (χ4v) is 2.17. The lowest BCUT2D eigenvalue weighted by Crippen LogP contribution is -2.23. The van der Waals surface area contributed by atoms with Crippen molar-refractivity contribution in [2.45, 2.75) is 6.54 Å². The summed E-state index contributed by atoms with van der Waals surface area (Å²) in [4.78, 5) is 25.3. The van der Waals surface area contributed by atoms with Crippen molar-refractivity contribution in [1.29, 1.82) is 0 Å². The molecule has 4 nitrogen and oxygen atoms in total. The van der Waals surface area contributed by atoms with Gasteiger partial charge in [0, 0.05) is 36.2 Å². The second-order valence-electron chi connectivity index (χ2n) is 5.09. The molecule has 2 aromatic rings. The number of benzene rings is 2. The number of nitrogens with one attached hydrogen (secondary N) is 1. The molecule has 2 amide bonds. The number of carbonyl (C=O) groups excluding carboxylic acids is 2. The molecule has 0 heterocycles. The Morgan fingerprint density at radius 2 is 1.50 bits per heavy atom. The van der Waals surface area contributed by atoms with E-state index in [9.17, 15) is 9.59 Å². The van der Waals surface area contributed by atoms with Gasteiger partial charge in [0.2, 0.25) is 0 Å². The van der Waals surface area contributed by atoms with Gasteiger partial charge in [-0.05, 0) is 42.0 Å². The van der Waals surface area contributed by atoms with Crippen LogP contribution in [-0.4, -0.2) is 30.8 Å². The first kappa shape index (κ1) is 16.2. The molecule has 2 rings (SSSR count). The van der Waals surface area contributed by atoms with Gasteiger partial charge in [-0.3, -0.25) is 9.59 Å². The molecule has 0 fully saturated rings. The zero-order valence-corrected chi connectivity index (χ0v) is 14.1. The fraction of sp³-hybridized carbons (Fsp3) is 0.176. The molecule has 0 atom stereocenters. The van der Waals surface area contributed by atoms with Gasteiger partial charge in [0.1, 0.15) is 0 Å². The summed E-state index contributed by atoms with van der Waals surface area (Å²) in [6.07, 6.45) is 0. The summed E-state index contributed by atoms with van der Waals surface area (Å²) in [7, 11) is 3.43. The van der Waals surface area contributed by atoms with Crippen LogP contribution < -0.4 is 5.32 Å². The van der Waals surface area contributed by atoms with Crippen molar-refractivity contribution in [3.05, 3.63) is 69.7 Å². The Kier molecular flexibility index (Phi) is 5.33. The van der Waals surface area contributed by atoms with E-state index in [1.54, 1.807) is 38.4 Å². The van der Waals surface area contributed by atoms with E-state index in [1.807, 2.05) is 24.3 Å². The quantitative estimate of drug-likeness (QED) is 0.910. The Bertz CT molecular complexity index is 664. The van der Waals surface area contributed by atoms with E-state index in [4.69, 9.17) is 0 Å². The molecule has 0 saturated heterocycles. The summed E-state index contributed by atoms with van der Waals surface area (Å²) in [5, 5.41) is 2.86. The van der Waals surface area contributed by atoms with E-state index in [0.29, 0.717) is 17.7 Å². The van der Waals surface area contributed by atoms with Crippen molar-refractivity contribution in [1.82, 2.24) is 10.2 Å². The van der Waals surface area contributed by atoms with Crippen LogP contribution in [0.5, 0.6) is 0 Å². The van der Waals surface area contributed by atoms with Gasteiger partial charge in [-0.1, -0.05) is 28.1 Å². The second kappa shape index (κ2) is 7.22. The lowest BCUT2D eigenvalue weighted by molar-refractivity contribution is 0.0827. The second-order valence-corrected chi connectivity index (χ2v) is 6.00. The molecule has 22 heavy (non-hydrogen) atoms. The number of nitrogens with zero attached hydrogens (tertiary/aromatic N) is 1. The highest BCUT2D eigenvalue weighted by Crippen LogP contribution is 2.11. The first-order valence-corrected chi connectivity index (χ1v) is 7.61. The molecular weight excluding hydrogens is 344 g/mol. The molecular formula is C17H17BrN2O2. The minimum atomic E-state index is -0.124. The minimum absolute atomic E-state index is 0.0366. The molecule has 0 aliphatic heterocycles. The highest BCUT2D eigenvalue weighted by atomic mass is 79.9. The normalized spacial score (nSPS) is 10.1. The molecule has 0 radical (unpaired) electrons. The average Bonchev–Trinajstić information content (AvgIpc) is 2.53. The van der Waals surface area contributed by atoms with Gasteiger partial charge in [-0.15, -0.1) is 0 Å². The molecule has 0 bridgehead atoms. The van der Waals surface area contributed by atoms with Crippen LogP contribution in [0.3, 0.4) is 0 Å². The zero-order chi connectivity index (χ0) is 16.1. The number of rotatable bonds is 4. The molecule has 1 N–H and O–H groups in total. The van der Waals surface area contributed by atoms with Crippen LogP contribution in [0.1, 0.15) is 26.3 Å². The monoisotopic (exact) mass is 360 g/mol. The van der Waals surface area contributed by atoms with Crippen LogP contribution in [0.2, 0.25) is 0 Å². The Labute approximate surface area is 138 Å². The minimum Gasteiger partial charge on any atom is -0.348 e. The maximum Gasteiger partial charge on any atom is 0.253 e. The van der Waals surface area contributed by atoms with Crippen molar-refractivity contribution in [3.63, 3.8) is 0 Å². The predicted molar refractivity (Wildman–Crippen MR) is 89.8 cm³/mol. The number of halogens is 1. The third-order valence-electron chi connectivity index (χ3n) is 3.17. The van der Waals surface area contributed by atoms with Crippen LogP contribution in [0.25, 0.3) is 0 Å². The summed E-state index contributed by atoms with van der Waals surface area (Å²) in [6, 6.07) is 14.4. The van der Waals surface area contributed by atoms with E-state index in [0.717, 1.165) is 10.0 Å². The smallest absolute Gasteiger partial charge is 0.253 e. The third kappa shape index (κ3) is 4.18. The number of hydrogen-bond donors (Lipinski definition) is 1. The molecule has 0 aliphatic rings. The first-order valence-electron chi connectivity index (χ1n) is 6.82. The lowest BCUT2D eigenvalue weighted by Gasteiger charge is -2.11. The summed E-state index contributed by atoms with van der Waals surface area (Å²) >= 11 is 3.34.